The molecule has 8 heteroatoms. The Morgan fingerprint density at radius 1 is 1.37 bits per heavy atom. The number of carboxylic acids is 1. The van der Waals surface area contributed by atoms with E-state index < -0.39 is 17.5 Å². The Labute approximate surface area is 109 Å². The van der Waals surface area contributed by atoms with Crippen LogP contribution in [0.1, 0.15) is 37.9 Å². The highest BCUT2D eigenvalue weighted by Crippen LogP contribution is 2.28. The Morgan fingerprint density at radius 3 is 2.68 bits per heavy atom. The van der Waals surface area contributed by atoms with Crippen molar-refractivity contribution < 1.29 is 19.2 Å². The van der Waals surface area contributed by atoms with E-state index in [1.807, 2.05) is 0 Å². The van der Waals surface area contributed by atoms with Crippen LogP contribution in [0, 0.1) is 0 Å². The fourth-order valence-electron chi connectivity index (χ4n) is 2.24. The molecule has 104 valence electrons. The van der Waals surface area contributed by atoms with Gasteiger partial charge in [-0.1, -0.05) is 24.4 Å². The molecule has 19 heavy (non-hydrogen) atoms. The highest BCUT2D eigenvalue weighted by molar-refractivity contribution is 5.86. The van der Waals surface area contributed by atoms with Crippen LogP contribution in [0.3, 0.4) is 0 Å². The Hall–Kier alpha value is -2.12. The lowest BCUT2D eigenvalue weighted by atomic mass is 9.82. The molecule has 0 saturated heterocycles. The van der Waals surface area contributed by atoms with Crippen LogP contribution in [-0.4, -0.2) is 32.8 Å². The van der Waals surface area contributed by atoms with E-state index >= 15 is 0 Å². The van der Waals surface area contributed by atoms with E-state index in [9.17, 15) is 14.7 Å². The molecule has 3 N–H and O–H groups in total. The Kier molecular flexibility index (Phi) is 3.98. The molecule has 0 aliphatic heterocycles. The molecule has 8 nitrogen and oxygen atoms in total. The number of nitrogens with one attached hydrogen (secondary N) is 2. The Morgan fingerprint density at radius 2 is 2.11 bits per heavy atom. The lowest BCUT2D eigenvalue weighted by Gasteiger charge is -2.33. The molecule has 0 radical (unpaired) electrons. The summed E-state index contributed by atoms with van der Waals surface area (Å²) in [5.74, 6) is -0.648. The summed E-state index contributed by atoms with van der Waals surface area (Å²) < 4.78 is 4.53. The zero-order valence-corrected chi connectivity index (χ0v) is 10.4. The molecule has 1 heterocycles. The molecule has 2 rings (SSSR count). The van der Waals surface area contributed by atoms with Crippen LogP contribution in [0.5, 0.6) is 0 Å². The van der Waals surface area contributed by atoms with Gasteiger partial charge in [-0.05, 0) is 12.8 Å². The van der Waals surface area contributed by atoms with Crippen LogP contribution in [-0.2, 0) is 11.3 Å². The van der Waals surface area contributed by atoms with Crippen LogP contribution >= 0.6 is 0 Å². The second kappa shape index (κ2) is 5.68. The second-order valence-corrected chi connectivity index (χ2v) is 4.60. The van der Waals surface area contributed by atoms with Crippen LogP contribution in [0.25, 0.3) is 0 Å². The van der Waals surface area contributed by atoms with Crippen molar-refractivity contribution in [1.29, 1.82) is 0 Å². The zero-order valence-electron chi connectivity index (χ0n) is 10.4. The van der Waals surface area contributed by atoms with Gasteiger partial charge >= 0.3 is 12.0 Å². The van der Waals surface area contributed by atoms with E-state index in [0.717, 1.165) is 25.7 Å². The largest absolute Gasteiger partial charge is 0.480 e. The SMILES string of the molecule is O=C(NCc1ncon1)NC1(C(=O)O)CCCCC1. The summed E-state index contributed by atoms with van der Waals surface area (Å²) in [6.07, 6.45) is 4.68. The number of urea groups is 1. The highest BCUT2D eigenvalue weighted by Gasteiger charge is 2.40. The number of hydrogen-bond donors (Lipinski definition) is 3. The van der Waals surface area contributed by atoms with Crippen molar-refractivity contribution in [3.05, 3.63) is 12.2 Å². The number of amides is 2. The molecule has 1 aromatic rings. The number of carbonyl (C=O) groups excluding carboxylic acids is 1. The van der Waals surface area contributed by atoms with Gasteiger partial charge in [0.25, 0.3) is 0 Å². The predicted octanol–water partition coefficient (Wildman–Crippen LogP) is 0.656. The normalized spacial score (nSPS) is 17.7. The minimum Gasteiger partial charge on any atom is -0.480 e. The van der Waals surface area contributed by atoms with Crippen molar-refractivity contribution >= 4 is 12.0 Å². The summed E-state index contributed by atoms with van der Waals surface area (Å²) in [5, 5.41) is 17.9. The lowest BCUT2D eigenvalue weighted by molar-refractivity contribution is -0.145. The van der Waals surface area contributed by atoms with E-state index in [1.54, 1.807) is 0 Å². The number of aromatic nitrogens is 2. The van der Waals surface area contributed by atoms with Gasteiger partial charge in [-0.25, -0.2) is 9.59 Å². The number of nitrogens with zero attached hydrogens (tertiary/aromatic N) is 2. The van der Waals surface area contributed by atoms with Crippen LogP contribution in [0.2, 0.25) is 0 Å². The topological polar surface area (TPSA) is 117 Å². The molecule has 1 saturated carbocycles. The number of hydrogen-bond acceptors (Lipinski definition) is 5. The van der Waals surface area contributed by atoms with Crippen molar-refractivity contribution in [3.8, 4) is 0 Å². The summed E-state index contributed by atoms with van der Waals surface area (Å²) >= 11 is 0. The first-order valence-electron chi connectivity index (χ1n) is 6.17. The molecular weight excluding hydrogens is 252 g/mol. The van der Waals surface area contributed by atoms with Gasteiger partial charge in [-0.3, -0.25) is 0 Å². The third-order valence-corrected chi connectivity index (χ3v) is 3.28. The Bertz CT molecular complexity index is 440. The minimum absolute atomic E-state index is 0.0953. The fourth-order valence-corrected chi connectivity index (χ4v) is 2.24. The van der Waals surface area contributed by atoms with Crippen molar-refractivity contribution in [2.24, 2.45) is 0 Å². The summed E-state index contributed by atoms with van der Waals surface area (Å²) in [6.45, 7) is 0.0953. The van der Waals surface area contributed by atoms with Gasteiger partial charge in [0.05, 0.1) is 6.54 Å². The third-order valence-electron chi connectivity index (χ3n) is 3.28. The first-order valence-corrected chi connectivity index (χ1v) is 6.17. The van der Waals surface area contributed by atoms with Crippen LogP contribution in [0.15, 0.2) is 10.9 Å². The first kappa shape index (κ1) is 13.3. The van der Waals surface area contributed by atoms with Gasteiger partial charge in [0.1, 0.15) is 5.54 Å². The molecule has 2 amide bonds. The molecule has 0 unspecified atom stereocenters. The second-order valence-electron chi connectivity index (χ2n) is 4.60. The van der Waals surface area contributed by atoms with Gasteiger partial charge < -0.3 is 20.3 Å². The fraction of sp³-hybridized carbons (Fsp3) is 0.636. The smallest absolute Gasteiger partial charge is 0.329 e. The molecule has 0 aromatic carbocycles. The maximum Gasteiger partial charge on any atom is 0.329 e. The number of carbonyl (C=O) groups is 2. The molecule has 1 fully saturated rings. The standard InChI is InChI=1S/C11H16N4O4/c16-9(17)11(4-2-1-3-5-11)14-10(18)12-6-8-13-7-19-15-8/h7H,1-6H2,(H,16,17)(H2,12,14,18). The quantitative estimate of drug-likeness (QED) is 0.738. The lowest BCUT2D eigenvalue weighted by Crippen LogP contribution is -2.57. The Balaban J connectivity index is 1.90. The maximum atomic E-state index is 11.7. The minimum atomic E-state index is -1.15. The van der Waals surface area contributed by atoms with E-state index in [4.69, 9.17) is 0 Å². The summed E-state index contributed by atoms with van der Waals surface area (Å²) in [7, 11) is 0. The molecule has 1 aliphatic rings. The van der Waals surface area contributed by atoms with Crippen molar-refractivity contribution in [2.45, 2.75) is 44.2 Å². The van der Waals surface area contributed by atoms with Gasteiger partial charge in [0.2, 0.25) is 6.39 Å². The molecule has 1 aromatic heterocycles. The summed E-state index contributed by atoms with van der Waals surface area (Å²) in [5.41, 5.74) is -1.15. The van der Waals surface area contributed by atoms with Crippen molar-refractivity contribution in [3.63, 3.8) is 0 Å². The third kappa shape index (κ3) is 3.21. The first-order chi connectivity index (χ1) is 9.12. The molecule has 0 atom stereocenters. The van der Waals surface area contributed by atoms with E-state index in [-0.39, 0.29) is 6.54 Å². The molecule has 1 aliphatic carbocycles. The van der Waals surface area contributed by atoms with E-state index in [1.165, 1.54) is 0 Å². The molecule has 0 bridgehead atoms. The van der Waals surface area contributed by atoms with Crippen LogP contribution < -0.4 is 10.6 Å². The average Bonchev–Trinajstić information content (AvgIpc) is 2.90. The van der Waals surface area contributed by atoms with E-state index in [2.05, 4.69) is 25.3 Å². The molecule has 0 spiro atoms. The highest BCUT2D eigenvalue weighted by atomic mass is 16.5. The molecular formula is C11H16N4O4. The van der Waals surface area contributed by atoms with Gasteiger partial charge in [-0.2, -0.15) is 4.98 Å². The maximum absolute atomic E-state index is 11.7. The average molecular weight is 268 g/mol. The zero-order chi connectivity index (χ0) is 13.7. The van der Waals surface area contributed by atoms with Crippen molar-refractivity contribution in [1.82, 2.24) is 20.8 Å². The summed E-state index contributed by atoms with van der Waals surface area (Å²) in [6, 6.07) is -0.533. The number of aliphatic carboxylic acids is 1. The van der Waals surface area contributed by atoms with E-state index in [0.29, 0.717) is 18.7 Å². The van der Waals surface area contributed by atoms with Gasteiger partial charge in [0, 0.05) is 0 Å². The van der Waals surface area contributed by atoms with Gasteiger partial charge in [-0.15, -0.1) is 0 Å². The van der Waals surface area contributed by atoms with Crippen LogP contribution in [0.4, 0.5) is 4.79 Å². The predicted molar refractivity (Wildman–Crippen MR) is 63.1 cm³/mol. The number of rotatable bonds is 4. The number of carboxylic acid groups (broad SMARTS) is 1. The monoisotopic (exact) mass is 268 g/mol. The summed E-state index contributed by atoms with van der Waals surface area (Å²) in [4.78, 5) is 26.9. The van der Waals surface area contributed by atoms with Gasteiger partial charge in [0.15, 0.2) is 5.82 Å². The van der Waals surface area contributed by atoms with Crippen molar-refractivity contribution in [2.75, 3.05) is 0 Å².